The van der Waals surface area contributed by atoms with Crippen LogP contribution in [0.2, 0.25) is 0 Å². The Bertz CT molecular complexity index is 534. The summed E-state index contributed by atoms with van der Waals surface area (Å²) in [5, 5.41) is 12.6. The second kappa shape index (κ2) is 5.84. The van der Waals surface area contributed by atoms with Crippen LogP contribution in [0.1, 0.15) is 23.5 Å². The standard InChI is InChI=1S/C11H15BrClN5/c1-8-11(12)10(17(2)15-8)7-18-6-9(14-16-18)4-3-5-13/h6H,3-5,7H2,1-2H3. The SMILES string of the molecule is Cc1nn(C)c(Cn2cc(CCCCl)nn2)c1Br. The van der Waals surface area contributed by atoms with Crippen molar-refractivity contribution in [1.82, 2.24) is 24.8 Å². The highest BCUT2D eigenvalue weighted by atomic mass is 79.9. The number of aryl methyl sites for hydroxylation is 3. The molecule has 0 amide bonds. The normalized spacial score (nSPS) is 11.1. The maximum Gasteiger partial charge on any atom is 0.0857 e. The van der Waals surface area contributed by atoms with Gasteiger partial charge in [-0.05, 0) is 35.7 Å². The fourth-order valence-corrected chi connectivity index (χ4v) is 2.38. The van der Waals surface area contributed by atoms with Crippen molar-refractivity contribution < 1.29 is 0 Å². The minimum Gasteiger partial charge on any atom is -0.269 e. The molecule has 0 bridgehead atoms. The van der Waals surface area contributed by atoms with Gasteiger partial charge in [-0.15, -0.1) is 16.7 Å². The monoisotopic (exact) mass is 331 g/mol. The highest BCUT2D eigenvalue weighted by molar-refractivity contribution is 9.10. The van der Waals surface area contributed by atoms with E-state index in [0.29, 0.717) is 12.4 Å². The Morgan fingerprint density at radius 3 is 2.83 bits per heavy atom. The lowest BCUT2D eigenvalue weighted by atomic mass is 10.3. The Morgan fingerprint density at radius 2 is 2.22 bits per heavy atom. The molecule has 0 atom stereocenters. The van der Waals surface area contributed by atoms with Crippen molar-refractivity contribution in [3.05, 3.63) is 27.8 Å². The minimum atomic E-state index is 0.652. The lowest BCUT2D eigenvalue weighted by Gasteiger charge is -2.02. The zero-order valence-electron chi connectivity index (χ0n) is 10.4. The van der Waals surface area contributed by atoms with Gasteiger partial charge in [-0.2, -0.15) is 5.10 Å². The van der Waals surface area contributed by atoms with Crippen LogP contribution in [0.3, 0.4) is 0 Å². The molecule has 0 spiro atoms. The zero-order valence-corrected chi connectivity index (χ0v) is 12.7. The first-order valence-corrected chi connectivity index (χ1v) is 7.07. The third kappa shape index (κ3) is 2.92. The Hall–Kier alpha value is -0.880. The summed E-state index contributed by atoms with van der Waals surface area (Å²) in [6.45, 7) is 2.63. The van der Waals surface area contributed by atoms with Crippen molar-refractivity contribution in [1.29, 1.82) is 0 Å². The van der Waals surface area contributed by atoms with Crippen LogP contribution < -0.4 is 0 Å². The molecule has 0 aliphatic carbocycles. The van der Waals surface area contributed by atoms with Gasteiger partial charge in [-0.25, -0.2) is 4.68 Å². The molecule has 0 aliphatic rings. The number of halogens is 2. The summed E-state index contributed by atoms with van der Waals surface area (Å²) in [6.07, 6.45) is 3.76. The van der Waals surface area contributed by atoms with Crippen molar-refractivity contribution in [2.24, 2.45) is 7.05 Å². The van der Waals surface area contributed by atoms with Crippen LogP contribution in [0.5, 0.6) is 0 Å². The molecule has 0 saturated carbocycles. The minimum absolute atomic E-state index is 0.652. The smallest absolute Gasteiger partial charge is 0.0857 e. The molecule has 5 nitrogen and oxygen atoms in total. The predicted octanol–water partition coefficient (Wildman–Crippen LogP) is 2.30. The second-order valence-electron chi connectivity index (χ2n) is 4.17. The van der Waals surface area contributed by atoms with Gasteiger partial charge in [-0.1, -0.05) is 5.21 Å². The third-order valence-corrected chi connectivity index (χ3v) is 4.02. The van der Waals surface area contributed by atoms with Crippen LogP contribution in [0.4, 0.5) is 0 Å². The first-order valence-electron chi connectivity index (χ1n) is 5.74. The fraction of sp³-hybridized carbons (Fsp3) is 0.545. The molecule has 2 heterocycles. The van der Waals surface area contributed by atoms with Gasteiger partial charge >= 0.3 is 0 Å². The van der Waals surface area contributed by atoms with Gasteiger partial charge in [0.25, 0.3) is 0 Å². The number of alkyl halides is 1. The zero-order chi connectivity index (χ0) is 13.1. The van der Waals surface area contributed by atoms with Crippen molar-refractivity contribution >= 4 is 27.5 Å². The van der Waals surface area contributed by atoms with Gasteiger partial charge in [0.15, 0.2) is 0 Å². The summed E-state index contributed by atoms with van der Waals surface area (Å²) < 4.78 is 4.72. The van der Waals surface area contributed by atoms with Crippen LogP contribution in [0.15, 0.2) is 10.7 Å². The average molecular weight is 333 g/mol. The Kier molecular flexibility index (Phi) is 4.40. The molecule has 2 rings (SSSR count). The first kappa shape index (κ1) is 13.5. The van der Waals surface area contributed by atoms with Crippen LogP contribution in [0, 0.1) is 6.92 Å². The van der Waals surface area contributed by atoms with Gasteiger partial charge in [-0.3, -0.25) is 4.68 Å². The van der Waals surface area contributed by atoms with Gasteiger partial charge in [0, 0.05) is 19.1 Å². The van der Waals surface area contributed by atoms with Crippen LogP contribution in [-0.4, -0.2) is 30.7 Å². The molecule has 0 unspecified atom stereocenters. The fourth-order valence-electron chi connectivity index (χ4n) is 1.78. The molecule has 0 fully saturated rings. The van der Waals surface area contributed by atoms with E-state index in [1.54, 1.807) is 0 Å². The van der Waals surface area contributed by atoms with E-state index < -0.39 is 0 Å². The topological polar surface area (TPSA) is 48.5 Å². The van der Waals surface area contributed by atoms with E-state index in [0.717, 1.165) is 34.4 Å². The van der Waals surface area contributed by atoms with Crippen LogP contribution in [0.25, 0.3) is 0 Å². The third-order valence-electron chi connectivity index (χ3n) is 2.73. The highest BCUT2D eigenvalue weighted by Gasteiger charge is 2.12. The highest BCUT2D eigenvalue weighted by Crippen LogP contribution is 2.20. The van der Waals surface area contributed by atoms with Crippen molar-refractivity contribution in [3.8, 4) is 0 Å². The van der Waals surface area contributed by atoms with Gasteiger partial charge in [0.1, 0.15) is 0 Å². The predicted molar refractivity (Wildman–Crippen MR) is 73.8 cm³/mol. The molecule has 7 heteroatoms. The summed E-state index contributed by atoms with van der Waals surface area (Å²) in [4.78, 5) is 0. The summed E-state index contributed by atoms with van der Waals surface area (Å²) in [7, 11) is 1.93. The molecule has 0 radical (unpaired) electrons. The van der Waals surface area contributed by atoms with E-state index in [2.05, 4.69) is 31.3 Å². The maximum absolute atomic E-state index is 5.66. The summed E-state index contributed by atoms with van der Waals surface area (Å²) >= 11 is 9.20. The Balaban J connectivity index is 2.11. The van der Waals surface area contributed by atoms with Gasteiger partial charge < -0.3 is 0 Å². The van der Waals surface area contributed by atoms with E-state index in [1.165, 1.54) is 0 Å². The van der Waals surface area contributed by atoms with Crippen LogP contribution >= 0.6 is 27.5 Å². The summed E-state index contributed by atoms with van der Waals surface area (Å²) in [6, 6.07) is 0. The molecule has 0 N–H and O–H groups in total. The molecule has 0 aliphatic heterocycles. The largest absolute Gasteiger partial charge is 0.269 e. The molecular weight excluding hydrogens is 318 g/mol. The van der Waals surface area contributed by atoms with E-state index in [1.807, 2.05) is 29.5 Å². The summed E-state index contributed by atoms with van der Waals surface area (Å²) in [5.41, 5.74) is 3.04. The van der Waals surface area contributed by atoms with Crippen molar-refractivity contribution in [3.63, 3.8) is 0 Å². The number of rotatable bonds is 5. The van der Waals surface area contributed by atoms with Crippen LogP contribution in [-0.2, 0) is 20.0 Å². The first-order chi connectivity index (χ1) is 8.61. The molecular formula is C11H15BrClN5. The molecule has 2 aromatic rings. The van der Waals surface area contributed by atoms with Gasteiger partial charge in [0.05, 0.1) is 28.1 Å². The number of hydrogen-bond donors (Lipinski definition) is 0. The second-order valence-corrected chi connectivity index (χ2v) is 5.34. The number of aromatic nitrogens is 5. The lowest BCUT2D eigenvalue weighted by Crippen LogP contribution is -2.06. The van der Waals surface area contributed by atoms with E-state index >= 15 is 0 Å². The maximum atomic E-state index is 5.66. The van der Waals surface area contributed by atoms with E-state index in [9.17, 15) is 0 Å². The van der Waals surface area contributed by atoms with E-state index in [4.69, 9.17) is 11.6 Å². The van der Waals surface area contributed by atoms with Crippen molar-refractivity contribution in [2.75, 3.05) is 5.88 Å². The van der Waals surface area contributed by atoms with E-state index in [-0.39, 0.29) is 0 Å². The molecule has 18 heavy (non-hydrogen) atoms. The Morgan fingerprint density at radius 1 is 1.44 bits per heavy atom. The van der Waals surface area contributed by atoms with Crippen molar-refractivity contribution in [2.45, 2.75) is 26.3 Å². The molecule has 2 aromatic heterocycles. The lowest BCUT2D eigenvalue weighted by molar-refractivity contribution is 0.598. The van der Waals surface area contributed by atoms with Gasteiger partial charge in [0.2, 0.25) is 0 Å². The number of nitrogens with zero attached hydrogens (tertiary/aromatic N) is 5. The quantitative estimate of drug-likeness (QED) is 0.789. The molecule has 98 valence electrons. The summed E-state index contributed by atoms with van der Waals surface area (Å²) in [5.74, 6) is 0.652. The Labute approximate surface area is 119 Å². The molecule has 0 aromatic carbocycles. The number of hydrogen-bond acceptors (Lipinski definition) is 3. The molecule has 0 saturated heterocycles. The average Bonchev–Trinajstić information content (AvgIpc) is 2.88.